The van der Waals surface area contributed by atoms with Crippen molar-refractivity contribution in [2.24, 2.45) is 10.9 Å². The maximum atomic E-state index is 13.3. The average molecular weight is 660 g/mol. The maximum Gasteiger partial charge on any atom is 0.473 e. The summed E-state index contributed by atoms with van der Waals surface area (Å²) in [5.41, 5.74) is 1.64. The SMILES string of the molecule is CC(C)(C)OC(=O)NCC1CCN(C(=NC(=O)C(F)(F)F)N2CCc3cc(OCCON4C(=O)c5ccccc5C4=O)ccc3C2)C1. The molecule has 1 saturated heterocycles. The van der Waals surface area contributed by atoms with E-state index in [0.29, 0.717) is 38.2 Å². The number of amides is 4. The molecule has 2 aromatic carbocycles. The molecule has 0 saturated carbocycles. The number of imide groups is 1. The highest BCUT2D eigenvalue weighted by Gasteiger charge is 2.41. The molecule has 5 rings (SSSR count). The standard InChI is InChI=1S/C32H36F3N5O7/c1-31(2,3)47-30(44)36-17-20-10-12-38(18-20)29(37-28(43)32(33,34)35)39-13-11-21-16-23(9-8-22(21)19-39)45-14-15-46-40-26(41)24-6-4-5-7-25(24)27(40)42/h4-9,16,20H,10-15,17-19H2,1-3H3,(H,36,44). The van der Waals surface area contributed by atoms with Gasteiger partial charge < -0.3 is 24.6 Å². The van der Waals surface area contributed by atoms with Gasteiger partial charge in [-0.2, -0.15) is 18.2 Å². The third kappa shape index (κ3) is 8.20. The number of hydrogen-bond donors (Lipinski definition) is 1. The highest BCUT2D eigenvalue weighted by molar-refractivity contribution is 6.20. The lowest BCUT2D eigenvalue weighted by Gasteiger charge is -2.35. The number of nitrogens with zero attached hydrogens (tertiary/aromatic N) is 4. The van der Waals surface area contributed by atoms with E-state index in [2.05, 4.69) is 10.3 Å². The van der Waals surface area contributed by atoms with Crippen LogP contribution in [0.1, 0.15) is 59.0 Å². The molecular formula is C32H36F3N5O7. The van der Waals surface area contributed by atoms with Crippen LogP contribution in [-0.4, -0.2) is 95.8 Å². The number of carbonyl (C=O) groups is 4. The Kier molecular flexibility index (Phi) is 9.75. The van der Waals surface area contributed by atoms with E-state index < -0.39 is 35.6 Å². The number of hydrogen-bond acceptors (Lipinski definition) is 7. The summed E-state index contributed by atoms with van der Waals surface area (Å²) in [7, 11) is 0. The molecule has 15 heteroatoms. The van der Waals surface area contributed by atoms with Gasteiger partial charge in [0.1, 0.15) is 24.6 Å². The highest BCUT2D eigenvalue weighted by atomic mass is 19.4. The van der Waals surface area contributed by atoms with Crippen molar-refractivity contribution in [3.63, 3.8) is 0 Å². The van der Waals surface area contributed by atoms with E-state index in [0.717, 1.165) is 16.2 Å². The topological polar surface area (TPSA) is 130 Å². The fourth-order valence-electron chi connectivity index (χ4n) is 5.58. The van der Waals surface area contributed by atoms with Crippen LogP contribution in [-0.2, 0) is 27.3 Å². The lowest BCUT2D eigenvalue weighted by Crippen LogP contribution is -2.47. The first-order chi connectivity index (χ1) is 22.2. The Hall–Kier alpha value is -4.66. The number of ether oxygens (including phenoxy) is 2. The zero-order valence-corrected chi connectivity index (χ0v) is 26.3. The number of guanidine groups is 1. The molecule has 0 aromatic heterocycles. The molecule has 0 radical (unpaired) electrons. The van der Waals surface area contributed by atoms with Crippen molar-refractivity contribution < 1.29 is 46.7 Å². The number of nitrogens with one attached hydrogen (secondary N) is 1. The minimum atomic E-state index is -5.12. The molecule has 1 fully saturated rings. The molecule has 3 aliphatic rings. The van der Waals surface area contributed by atoms with E-state index in [1.165, 1.54) is 0 Å². The van der Waals surface area contributed by atoms with Gasteiger partial charge in [0.25, 0.3) is 11.8 Å². The number of fused-ring (bicyclic) bond motifs is 2. The number of alkyl carbamates (subject to hydrolysis) is 1. The van der Waals surface area contributed by atoms with Crippen LogP contribution >= 0.6 is 0 Å². The van der Waals surface area contributed by atoms with Gasteiger partial charge in [-0.3, -0.25) is 19.2 Å². The predicted octanol–water partition coefficient (Wildman–Crippen LogP) is 3.94. The molecule has 0 aliphatic carbocycles. The van der Waals surface area contributed by atoms with Crippen molar-refractivity contribution in [1.29, 1.82) is 0 Å². The van der Waals surface area contributed by atoms with E-state index in [1.54, 1.807) is 67.0 Å². The summed E-state index contributed by atoms with van der Waals surface area (Å²) >= 11 is 0. The van der Waals surface area contributed by atoms with Crippen LogP contribution in [0.15, 0.2) is 47.5 Å². The Morgan fingerprint density at radius 1 is 0.957 bits per heavy atom. The van der Waals surface area contributed by atoms with Crippen LogP contribution in [0, 0.1) is 5.92 Å². The zero-order valence-electron chi connectivity index (χ0n) is 26.3. The van der Waals surface area contributed by atoms with Crippen molar-refractivity contribution >= 4 is 29.8 Å². The number of halogens is 3. The first kappa shape index (κ1) is 33.7. The fraction of sp³-hybridized carbons (Fsp3) is 0.469. The Morgan fingerprint density at radius 2 is 1.66 bits per heavy atom. The van der Waals surface area contributed by atoms with Crippen molar-refractivity contribution in [2.45, 2.75) is 51.9 Å². The van der Waals surface area contributed by atoms with Gasteiger partial charge >= 0.3 is 18.2 Å². The van der Waals surface area contributed by atoms with E-state index >= 15 is 0 Å². The van der Waals surface area contributed by atoms with Crippen LogP contribution in [0.4, 0.5) is 18.0 Å². The Labute approximate surface area is 269 Å². The number of likely N-dealkylation sites (tertiary alicyclic amines) is 1. The summed E-state index contributed by atoms with van der Waals surface area (Å²) < 4.78 is 50.8. The number of rotatable bonds is 7. The summed E-state index contributed by atoms with van der Waals surface area (Å²) in [5, 5.41) is 3.42. The van der Waals surface area contributed by atoms with E-state index in [4.69, 9.17) is 14.3 Å². The van der Waals surface area contributed by atoms with Gasteiger partial charge in [0.05, 0.1) is 11.1 Å². The molecular weight excluding hydrogens is 623 g/mol. The molecule has 4 amide bonds. The molecule has 1 unspecified atom stereocenters. The van der Waals surface area contributed by atoms with Crippen molar-refractivity contribution in [3.8, 4) is 5.75 Å². The van der Waals surface area contributed by atoms with Gasteiger partial charge in [-0.25, -0.2) is 4.79 Å². The molecule has 1 N–H and O–H groups in total. The first-order valence-electron chi connectivity index (χ1n) is 15.2. The summed E-state index contributed by atoms with van der Waals surface area (Å²) in [6.45, 7) is 6.68. The number of benzene rings is 2. The summed E-state index contributed by atoms with van der Waals surface area (Å²) in [4.78, 5) is 61.2. The quantitative estimate of drug-likeness (QED) is 0.203. The summed E-state index contributed by atoms with van der Waals surface area (Å²) in [6, 6.07) is 11.8. The Morgan fingerprint density at radius 3 is 2.32 bits per heavy atom. The Bertz CT molecular complexity index is 1540. The van der Waals surface area contributed by atoms with Crippen molar-refractivity contribution in [3.05, 3.63) is 64.7 Å². The van der Waals surface area contributed by atoms with Crippen LogP contribution in [0.3, 0.4) is 0 Å². The minimum Gasteiger partial charge on any atom is -0.491 e. The normalized spacial score (nSPS) is 18.3. The smallest absolute Gasteiger partial charge is 0.473 e. The van der Waals surface area contributed by atoms with Gasteiger partial charge in [-0.15, -0.1) is 5.06 Å². The molecule has 1 atom stereocenters. The number of alkyl halides is 3. The second-order valence-electron chi connectivity index (χ2n) is 12.4. The fourth-order valence-corrected chi connectivity index (χ4v) is 5.58. The third-order valence-corrected chi connectivity index (χ3v) is 7.75. The minimum absolute atomic E-state index is 0.0492. The second kappa shape index (κ2) is 13.6. The summed E-state index contributed by atoms with van der Waals surface area (Å²) in [5.74, 6) is -2.86. The summed E-state index contributed by atoms with van der Waals surface area (Å²) in [6.07, 6.45) is -4.67. The van der Waals surface area contributed by atoms with Crippen molar-refractivity contribution in [2.75, 3.05) is 39.4 Å². The maximum absolute atomic E-state index is 13.3. The van der Waals surface area contributed by atoms with Gasteiger partial charge in [0.15, 0.2) is 0 Å². The number of hydroxylamine groups is 2. The van der Waals surface area contributed by atoms with Crippen LogP contribution in [0.25, 0.3) is 0 Å². The van der Waals surface area contributed by atoms with Crippen LogP contribution in [0.2, 0.25) is 0 Å². The van der Waals surface area contributed by atoms with Gasteiger partial charge in [-0.1, -0.05) is 18.2 Å². The van der Waals surface area contributed by atoms with Gasteiger partial charge in [0.2, 0.25) is 5.96 Å². The number of aliphatic imine (C=N–C) groups is 1. The molecule has 252 valence electrons. The lowest BCUT2D eigenvalue weighted by atomic mass is 9.99. The van der Waals surface area contributed by atoms with Crippen molar-refractivity contribution in [1.82, 2.24) is 20.2 Å². The monoisotopic (exact) mass is 659 g/mol. The third-order valence-electron chi connectivity index (χ3n) is 7.75. The molecule has 12 nitrogen and oxygen atoms in total. The molecule has 47 heavy (non-hydrogen) atoms. The van der Waals surface area contributed by atoms with E-state index in [-0.39, 0.29) is 49.3 Å². The highest BCUT2D eigenvalue weighted by Crippen LogP contribution is 2.28. The second-order valence-corrected chi connectivity index (χ2v) is 12.4. The Balaban J connectivity index is 1.18. The van der Waals surface area contributed by atoms with Crippen LogP contribution < -0.4 is 10.1 Å². The lowest BCUT2D eigenvalue weighted by molar-refractivity contribution is -0.169. The largest absolute Gasteiger partial charge is 0.491 e. The molecule has 3 heterocycles. The molecule has 3 aliphatic heterocycles. The van der Waals surface area contributed by atoms with Gasteiger partial charge in [-0.05, 0) is 74.9 Å². The first-order valence-corrected chi connectivity index (χ1v) is 15.2. The molecule has 0 bridgehead atoms. The predicted molar refractivity (Wildman–Crippen MR) is 161 cm³/mol. The number of carbonyl (C=O) groups excluding carboxylic acids is 4. The average Bonchev–Trinajstić information content (AvgIpc) is 3.58. The van der Waals surface area contributed by atoms with Crippen LogP contribution in [0.5, 0.6) is 5.75 Å². The van der Waals surface area contributed by atoms with E-state index in [1.807, 2.05) is 6.07 Å². The molecule has 2 aromatic rings. The molecule has 0 spiro atoms. The van der Waals surface area contributed by atoms with Gasteiger partial charge in [0, 0.05) is 32.7 Å². The zero-order chi connectivity index (χ0) is 33.9. The van der Waals surface area contributed by atoms with E-state index in [9.17, 15) is 32.3 Å².